The minimum atomic E-state index is -0.115. The number of ether oxygens (including phenoxy) is 1. The topological polar surface area (TPSA) is 43.4 Å². The molecule has 0 aromatic heterocycles. The number of rotatable bonds is 5. The fraction of sp³-hybridized carbons (Fsp3) is 0.222. The van der Waals surface area contributed by atoms with Crippen LogP contribution in [0.5, 0.6) is 5.75 Å². The van der Waals surface area contributed by atoms with Crippen molar-refractivity contribution in [1.82, 2.24) is 0 Å². The van der Waals surface area contributed by atoms with Gasteiger partial charge in [-0.05, 0) is 31.0 Å². The number of alkyl halides is 1. The van der Waals surface area contributed by atoms with Gasteiger partial charge in [-0.1, -0.05) is 40.2 Å². The highest BCUT2D eigenvalue weighted by Crippen LogP contribution is 2.29. The number of carbonyl (C=O) groups is 2. The predicted molar refractivity (Wildman–Crippen MR) is 88.3 cm³/mol. The molecule has 0 aliphatic heterocycles. The van der Waals surface area contributed by atoms with Crippen molar-refractivity contribution in [3.05, 3.63) is 64.7 Å². The summed E-state index contributed by atoms with van der Waals surface area (Å²) >= 11 is 3.38. The van der Waals surface area contributed by atoms with Crippen LogP contribution in [0.1, 0.15) is 44.7 Å². The zero-order chi connectivity index (χ0) is 15.5. The van der Waals surface area contributed by atoms with Crippen molar-refractivity contribution in [2.75, 3.05) is 11.9 Å². The molecule has 0 unspecified atom stereocenters. The number of hydrogen-bond acceptors (Lipinski definition) is 3. The van der Waals surface area contributed by atoms with E-state index in [4.69, 9.17) is 4.74 Å². The van der Waals surface area contributed by atoms with E-state index in [1.165, 1.54) is 0 Å². The van der Waals surface area contributed by atoms with Gasteiger partial charge in [0.15, 0.2) is 11.6 Å². The molecule has 0 saturated heterocycles. The Hall–Kier alpha value is -1.94. The van der Waals surface area contributed by atoms with Crippen LogP contribution < -0.4 is 4.74 Å². The maximum atomic E-state index is 12.6. The van der Waals surface area contributed by atoms with Gasteiger partial charge in [-0.2, -0.15) is 0 Å². The Kier molecular flexibility index (Phi) is 4.39. The highest BCUT2D eigenvalue weighted by molar-refractivity contribution is 9.09. The average molecular weight is 359 g/mol. The first-order chi connectivity index (χ1) is 10.7. The Morgan fingerprint density at radius 3 is 2.14 bits per heavy atom. The van der Waals surface area contributed by atoms with E-state index in [9.17, 15) is 9.59 Å². The molecular formula is C18H15BrO3. The first kappa shape index (κ1) is 15.0. The molecule has 0 spiro atoms. The van der Waals surface area contributed by atoms with Crippen molar-refractivity contribution in [3.63, 3.8) is 0 Å². The summed E-state index contributed by atoms with van der Waals surface area (Å²) in [7, 11) is 0. The Morgan fingerprint density at radius 2 is 1.45 bits per heavy atom. The molecule has 0 atom stereocenters. The van der Waals surface area contributed by atoms with Crippen molar-refractivity contribution < 1.29 is 14.3 Å². The van der Waals surface area contributed by atoms with Crippen LogP contribution in [0.4, 0.5) is 0 Å². The zero-order valence-corrected chi connectivity index (χ0v) is 13.6. The third-order valence-corrected chi connectivity index (χ3v) is 4.25. The summed E-state index contributed by atoms with van der Waals surface area (Å²) < 4.78 is 5.66. The normalized spacial score (nSPS) is 12.8. The van der Waals surface area contributed by atoms with Gasteiger partial charge >= 0.3 is 0 Å². The second-order valence-electron chi connectivity index (χ2n) is 5.16. The lowest BCUT2D eigenvalue weighted by Gasteiger charge is -2.18. The van der Waals surface area contributed by atoms with Crippen LogP contribution in [0.3, 0.4) is 0 Å². The van der Waals surface area contributed by atoms with E-state index in [1.807, 2.05) is 0 Å². The van der Waals surface area contributed by atoms with Gasteiger partial charge in [-0.15, -0.1) is 0 Å². The Balaban J connectivity index is 1.89. The zero-order valence-electron chi connectivity index (χ0n) is 12.0. The van der Waals surface area contributed by atoms with Gasteiger partial charge in [0.05, 0.1) is 6.61 Å². The lowest BCUT2D eigenvalue weighted by molar-refractivity contribution is 0.0978. The summed E-state index contributed by atoms with van der Waals surface area (Å²) in [5, 5.41) is 0.949. The maximum Gasteiger partial charge on any atom is 0.194 e. The average Bonchev–Trinajstić information content (AvgIpc) is 2.56. The molecule has 2 aromatic rings. The number of carbonyl (C=O) groups excluding carboxylic acids is 2. The van der Waals surface area contributed by atoms with Crippen LogP contribution in [0.2, 0.25) is 0 Å². The Morgan fingerprint density at radius 1 is 0.818 bits per heavy atom. The van der Waals surface area contributed by atoms with E-state index in [-0.39, 0.29) is 11.6 Å². The van der Waals surface area contributed by atoms with E-state index in [0.29, 0.717) is 34.6 Å². The van der Waals surface area contributed by atoms with E-state index in [1.54, 1.807) is 42.5 Å². The van der Waals surface area contributed by atoms with Crippen LogP contribution in [-0.2, 0) is 0 Å². The molecule has 0 amide bonds. The number of benzene rings is 2. The SMILES string of the molecule is O=C1c2ccccc2C(=O)c2cc(OCCCCBr)ccc21. The third kappa shape index (κ3) is 2.71. The summed E-state index contributed by atoms with van der Waals surface area (Å²) in [4.78, 5) is 25.0. The van der Waals surface area contributed by atoms with Gasteiger partial charge in [0.1, 0.15) is 5.75 Å². The van der Waals surface area contributed by atoms with Gasteiger partial charge in [0, 0.05) is 27.6 Å². The predicted octanol–water partition coefficient (Wildman–Crippen LogP) is 4.02. The van der Waals surface area contributed by atoms with Gasteiger partial charge in [0.2, 0.25) is 0 Å². The van der Waals surface area contributed by atoms with Crippen molar-refractivity contribution in [2.45, 2.75) is 12.8 Å². The molecule has 3 nitrogen and oxygen atoms in total. The number of ketones is 2. The van der Waals surface area contributed by atoms with Crippen LogP contribution >= 0.6 is 15.9 Å². The van der Waals surface area contributed by atoms with Gasteiger partial charge < -0.3 is 4.74 Å². The molecule has 1 aliphatic rings. The highest BCUT2D eigenvalue weighted by Gasteiger charge is 2.29. The Bertz CT molecular complexity index is 737. The van der Waals surface area contributed by atoms with Crippen LogP contribution in [-0.4, -0.2) is 23.5 Å². The summed E-state index contributed by atoms with van der Waals surface area (Å²) in [6, 6.07) is 12.1. The number of halogens is 1. The van der Waals surface area contributed by atoms with Crippen LogP contribution in [0.25, 0.3) is 0 Å². The first-order valence-electron chi connectivity index (χ1n) is 7.23. The maximum absolute atomic E-state index is 12.6. The van der Waals surface area contributed by atoms with Crippen molar-refractivity contribution in [3.8, 4) is 5.75 Å². The number of hydrogen-bond donors (Lipinski definition) is 0. The van der Waals surface area contributed by atoms with Crippen molar-refractivity contribution in [2.24, 2.45) is 0 Å². The summed E-state index contributed by atoms with van der Waals surface area (Å²) in [6.07, 6.45) is 1.98. The molecule has 3 rings (SSSR count). The van der Waals surface area contributed by atoms with Gasteiger partial charge in [-0.3, -0.25) is 9.59 Å². The molecular weight excluding hydrogens is 344 g/mol. The summed E-state index contributed by atoms with van der Waals surface area (Å²) in [5.74, 6) is 0.418. The van der Waals surface area contributed by atoms with Crippen molar-refractivity contribution >= 4 is 27.5 Å². The minimum Gasteiger partial charge on any atom is -0.494 e. The largest absolute Gasteiger partial charge is 0.494 e. The first-order valence-corrected chi connectivity index (χ1v) is 8.36. The Labute approximate surface area is 137 Å². The van der Waals surface area contributed by atoms with E-state index < -0.39 is 0 Å². The van der Waals surface area contributed by atoms with E-state index >= 15 is 0 Å². The lowest BCUT2D eigenvalue weighted by Crippen LogP contribution is -2.20. The van der Waals surface area contributed by atoms with Gasteiger partial charge in [0.25, 0.3) is 0 Å². The summed E-state index contributed by atoms with van der Waals surface area (Å²) in [5.41, 5.74) is 1.83. The molecule has 0 fully saturated rings. The monoisotopic (exact) mass is 358 g/mol. The molecule has 0 saturated carbocycles. The number of unbranched alkanes of at least 4 members (excludes halogenated alkanes) is 1. The molecule has 0 N–H and O–H groups in total. The molecule has 4 heteroatoms. The highest BCUT2D eigenvalue weighted by atomic mass is 79.9. The smallest absolute Gasteiger partial charge is 0.194 e. The molecule has 0 radical (unpaired) electrons. The molecule has 2 aromatic carbocycles. The molecule has 22 heavy (non-hydrogen) atoms. The quantitative estimate of drug-likeness (QED) is 0.511. The van der Waals surface area contributed by atoms with E-state index in [0.717, 1.165) is 18.2 Å². The van der Waals surface area contributed by atoms with Gasteiger partial charge in [-0.25, -0.2) is 0 Å². The lowest BCUT2D eigenvalue weighted by atomic mass is 9.84. The van der Waals surface area contributed by atoms with Crippen LogP contribution in [0.15, 0.2) is 42.5 Å². The second-order valence-corrected chi connectivity index (χ2v) is 5.95. The minimum absolute atomic E-state index is 0.101. The van der Waals surface area contributed by atoms with Crippen LogP contribution in [0, 0.1) is 0 Å². The molecule has 0 heterocycles. The summed E-state index contributed by atoms with van der Waals surface area (Å²) in [6.45, 7) is 0.600. The molecule has 1 aliphatic carbocycles. The second kappa shape index (κ2) is 6.44. The third-order valence-electron chi connectivity index (χ3n) is 3.69. The van der Waals surface area contributed by atoms with E-state index in [2.05, 4.69) is 15.9 Å². The fourth-order valence-corrected chi connectivity index (χ4v) is 2.95. The molecule has 112 valence electrons. The number of fused-ring (bicyclic) bond motifs is 2. The van der Waals surface area contributed by atoms with Crippen molar-refractivity contribution in [1.29, 1.82) is 0 Å². The fourth-order valence-electron chi connectivity index (χ4n) is 2.55. The molecule has 0 bridgehead atoms. The standard InChI is InChI=1S/C18H15BrO3/c19-9-3-4-10-22-12-7-8-15-16(11-12)18(21)14-6-2-1-5-13(14)17(15)20/h1-2,5-8,11H,3-4,9-10H2.